The summed E-state index contributed by atoms with van der Waals surface area (Å²) in [5, 5.41) is 2.89. The minimum atomic E-state index is -0.541. The lowest BCUT2D eigenvalue weighted by Gasteiger charge is -2.24. The normalized spacial score (nSPS) is 12.4. The fourth-order valence-corrected chi connectivity index (χ4v) is 2.90. The molecule has 1 aromatic rings. The lowest BCUT2D eigenvalue weighted by molar-refractivity contribution is -0.128. The van der Waals surface area contributed by atoms with Gasteiger partial charge in [0.25, 0.3) is 0 Å². The van der Waals surface area contributed by atoms with Crippen LogP contribution in [0.2, 0.25) is 0 Å². The molecule has 1 rings (SSSR count). The zero-order valence-corrected chi connectivity index (χ0v) is 16.0. The van der Waals surface area contributed by atoms with Gasteiger partial charge >= 0.3 is 6.09 Å². The van der Waals surface area contributed by atoms with E-state index in [9.17, 15) is 9.59 Å². The van der Waals surface area contributed by atoms with Crippen molar-refractivity contribution in [2.45, 2.75) is 50.2 Å². The number of amides is 2. The van der Waals surface area contributed by atoms with Crippen LogP contribution in [0, 0.1) is 0 Å². The fraction of sp³-hybridized carbons (Fsp3) is 0.556. The zero-order valence-electron chi connectivity index (χ0n) is 15.2. The lowest BCUT2D eigenvalue weighted by Crippen LogP contribution is -2.41. The lowest BCUT2D eigenvalue weighted by atomic mass is 10.1. The second-order valence-corrected chi connectivity index (χ2v) is 7.89. The summed E-state index contributed by atoms with van der Waals surface area (Å²) in [4.78, 5) is 26.5. The summed E-state index contributed by atoms with van der Waals surface area (Å²) in [6.07, 6.45) is 0.525. The molecule has 0 aliphatic carbocycles. The largest absolute Gasteiger partial charge is 0.444 e. The Balaban J connectivity index is 2.60. The highest BCUT2D eigenvalue weighted by Crippen LogP contribution is 2.20. The highest BCUT2D eigenvalue weighted by molar-refractivity contribution is 7.99. The maximum atomic E-state index is 12.0. The number of carbonyl (C=O) groups is 2. The van der Waals surface area contributed by atoms with E-state index in [2.05, 4.69) is 5.32 Å². The van der Waals surface area contributed by atoms with Gasteiger partial charge in [-0.1, -0.05) is 18.2 Å². The van der Waals surface area contributed by atoms with Crippen molar-refractivity contribution in [3.05, 3.63) is 30.3 Å². The molecule has 24 heavy (non-hydrogen) atoms. The minimum Gasteiger partial charge on any atom is -0.444 e. The Morgan fingerprint density at radius 1 is 1.21 bits per heavy atom. The molecule has 0 fully saturated rings. The number of alkyl carbamates (subject to hydrolysis) is 1. The molecule has 1 aromatic carbocycles. The molecule has 0 saturated carbocycles. The maximum absolute atomic E-state index is 12.0. The van der Waals surface area contributed by atoms with Gasteiger partial charge in [-0.3, -0.25) is 4.79 Å². The molecule has 0 unspecified atom stereocenters. The number of nitrogens with zero attached hydrogens (tertiary/aromatic N) is 1. The first-order chi connectivity index (χ1) is 11.2. The predicted octanol–water partition coefficient (Wildman–Crippen LogP) is 3.54. The molecular weight excluding hydrogens is 324 g/mol. The van der Waals surface area contributed by atoms with Gasteiger partial charge in [-0.2, -0.15) is 0 Å². The van der Waals surface area contributed by atoms with E-state index >= 15 is 0 Å². The second kappa shape index (κ2) is 9.57. The van der Waals surface area contributed by atoms with E-state index in [0.717, 1.165) is 4.90 Å². The van der Waals surface area contributed by atoms with Gasteiger partial charge in [0.2, 0.25) is 5.91 Å². The Morgan fingerprint density at radius 2 is 1.83 bits per heavy atom. The number of benzene rings is 1. The smallest absolute Gasteiger partial charge is 0.407 e. The molecule has 0 aromatic heterocycles. The second-order valence-electron chi connectivity index (χ2n) is 6.79. The number of nitrogens with one attached hydrogen (secondary N) is 1. The standard InChI is InChI=1S/C18H28N2O3S/c1-18(2,3)23-17(22)19-14(11-12-16(21)20(4)5)13-24-15-9-7-6-8-10-15/h6-10,14H,11-13H2,1-5H3,(H,19,22)/t14-/m1/s1. The van der Waals surface area contributed by atoms with Gasteiger partial charge in [0.05, 0.1) is 0 Å². The molecular formula is C18H28N2O3S. The van der Waals surface area contributed by atoms with E-state index in [-0.39, 0.29) is 11.9 Å². The number of ether oxygens (including phenoxy) is 1. The van der Waals surface area contributed by atoms with E-state index in [1.807, 2.05) is 51.1 Å². The highest BCUT2D eigenvalue weighted by atomic mass is 32.2. The molecule has 134 valence electrons. The van der Waals surface area contributed by atoms with Crippen molar-refractivity contribution >= 4 is 23.8 Å². The van der Waals surface area contributed by atoms with Gasteiger partial charge in [-0.15, -0.1) is 11.8 Å². The summed E-state index contributed by atoms with van der Waals surface area (Å²) in [5.74, 6) is 0.736. The van der Waals surface area contributed by atoms with Crippen molar-refractivity contribution in [2.24, 2.45) is 0 Å². The number of carbonyl (C=O) groups excluding carboxylic acids is 2. The first kappa shape index (κ1) is 20.4. The number of rotatable bonds is 7. The summed E-state index contributed by atoms with van der Waals surface area (Å²) in [7, 11) is 3.47. The molecule has 0 aliphatic heterocycles. The molecule has 6 heteroatoms. The molecule has 0 aliphatic rings. The van der Waals surface area contributed by atoms with E-state index < -0.39 is 11.7 Å². The Morgan fingerprint density at radius 3 is 2.38 bits per heavy atom. The van der Waals surface area contributed by atoms with Crippen LogP contribution in [0.1, 0.15) is 33.6 Å². The number of hydrogen-bond acceptors (Lipinski definition) is 4. The molecule has 0 radical (unpaired) electrons. The van der Waals surface area contributed by atoms with Crippen LogP contribution in [-0.2, 0) is 9.53 Å². The molecule has 0 heterocycles. The van der Waals surface area contributed by atoms with Crippen molar-refractivity contribution < 1.29 is 14.3 Å². The molecule has 1 N–H and O–H groups in total. The van der Waals surface area contributed by atoms with Crippen molar-refractivity contribution in [3.8, 4) is 0 Å². The zero-order chi connectivity index (χ0) is 18.2. The van der Waals surface area contributed by atoms with Gasteiger partial charge in [0.15, 0.2) is 0 Å². The molecule has 0 saturated heterocycles. The Kier molecular flexibility index (Phi) is 8.11. The van der Waals surface area contributed by atoms with Crippen LogP contribution in [0.5, 0.6) is 0 Å². The summed E-state index contributed by atoms with van der Waals surface area (Å²) in [5.41, 5.74) is -0.541. The van der Waals surface area contributed by atoms with E-state index in [4.69, 9.17) is 4.74 Å². The summed E-state index contributed by atoms with van der Waals surface area (Å²) in [6.45, 7) is 5.49. The average Bonchev–Trinajstić information content (AvgIpc) is 2.48. The van der Waals surface area contributed by atoms with Crippen molar-refractivity contribution in [2.75, 3.05) is 19.8 Å². The van der Waals surface area contributed by atoms with Gasteiger partial charge in [0, 0.05) is 37.2 Å². The topological polar surface area (TPSA) is 58.6 Å². The molecule has 1 atom stereocenters. The van der Waals surface area contributed by atoms with Crippen molar-refractivity contribution in [3.63, 3.8) is 0 Å². The molecule has 5 nitrogen and oxygen atoms in total. The monoisotopic (exact) mass is 352 g/mol. The quantitative estimate of drug-likeness (QED) is 0.763. The Bertz CT molecular complexity index is 527. The molecule has 0 bridgehead atoms. The Labute approximate surface area is 149 Å². The van der Waals surface area contributed by atoms with Gasteiger partial charge in [-0.05, 0) is 39.3 Å². The SMILES string of the molecule is CN(C)C(=O)CC[C@H](CSc1ccccc1)NC(=O)OC(C)(C)C. The molecule has 2 amide bonds. The summed E-state index contributed by atoms with van der Waals surface area (Å²) < 4.78 is 5.32. The Hall–Kier alpha value is -1.69. The van der Waals surface area contributed by atoms with Crippen LogP contribution in [0.25, 0.3) is 0 Å². The van der Waals surface area contributed by atoms with Crippen molar-refractivity contribution in [1.82, 2.24) is 10.2 Å². The van der Waals surface area contributed by atoms with E-state index in [0.29, 0.717) is 18.6 Å². The average molecular weight is 353 g/mol. The number of hydrogen-bond donors (Lipinski definition) is 1. The highest BCUT2D eigenvalue weighted by Gasteiger charge is 2.20. The van der Waals surface area contributed by atoms with Gasteiger partial charge < -0.3 is 15.0 Å². The van der Waals surface area contributed by atoms with Crippen LogP contribution in [0.3, 0.4) is 0 Å². The third-order valence-corrected chi connectivity index (χ3v) is 4.30. The molecule has 0 spiro atoms. The van der Waals surface area contributed by atoms with Crippen LogP contribution in [-0.4, -0.2) is 48.4 Å². The third kappa shape index (κ3) is 8.82. The maximum Gasteiger partial charge on any atom is 0.407 e. The van der Waals surface area contributed by atoms with E-state index in [1.165, 1.54) is 0 Å². The minimum absolute atomic E-state index is 0.0516. The predicted molar refractivity (Wildman–Crippen MR) is 98.3 cm³/mol. The van der Waals surface area contributed by atoms with Crippen molar-refractivity contribution in [1.29, 1.82) is 0 Å². The number of thioether (sulfide) groups is 1. The van der Waals surface area contributed by atoms with Crippen LogP contribution in [0.15, 0.2) is 35.2 Å². The summed E-state index contributed by atoms with van der Waals surface area (Å²) >= 11 is 1.65. The van der Waals surface area contributed by atoms with Gasteiger partial charge in [-0.25, -0.2) is 4.79 Å². The van der Waals surface area contributed by atoms with Crippen LogP contribution in [0.4, 0.5) is 4.79 Å². The first-order valence-electron chi connectivity index (χ1n) is 8.05. The van der Waals surface area contributed by atoms with Crippen LogP contribution < -0.4 is 5.32 Å². The third-order valence-electron chi connectivity index (χ3n) is 3.12. The fourth-order valence-electron chi connectivity index (χ4n) is 1.91. The first-order valence-corrected chi connectivity index (χ1v) is 9.03. The van der Waals surface area contributed by atoms with Crippen LogP contribution >= 0.6 is 11.8 Å². The summed E-state index contributed by atoms with van der Waals surface area (Å²) in [6, 6.07) is 9.85. The van der Waals surface area contributed by atoms with E-state index in [1.54, 1.807) is 30.8 Å². The van der Waals surface area contributed by atoms with Gasteiger partial charge in [0.1, 0.15) is 5.60 Å².